The number of halogens is 1. The summed E-state index contributed by atoms with van der Waals surface area (Å²) < 4.78 is 1.74. The highest BCUT2D eigenvalue weighted by molar-refractivity contribution is 8.07. The van der Waals surface area contributed by atoms with E-state index in [0.717, 1.165) is 22.8 Å². The zero-order chi connectivity index (χ0) is 14.0. The van der Waals surface area contributed by atoms with Crippen molar-refractivity contribution in [3.05, 3.63) is 16.4 Å². The standard InChI is InChI=1S/C13H22ClN3S2/c1-4-11-12(19-6-5-18-11)10(15)7-9-8(2)16-17(3)13(9)14/h10-12H,4-7,15H2,1-3H3. The molecule has 1 aliphatic heterocycles. The highest BCUT2D eigenvalue weighted by Gasteiger charge is 2.31. The quantitative estimate of drug-likeness (QED) is 0.926. The van der Waals surface area contributed by atoms with E-state index in [1.165, 1.54) is 17.9 Å². The van der Waals surface area contributed by atoms with Crippen LogP contribution in [-0.2, 0) is 13.5 Å². The molecule has 108 valence electrons. The Bertz CT molecular complexity index is 436. The van der Waals surface area contributed by atoms with E-state index in [-0.39, 0.29) is 6.04 Å². The molecule has 0 aromatic carbocycles. The molecule has 2 rings (SSSR count). The third-order valence-electron chi connectivity index (χ3n) is 3.63. The molecule has 1 aliphatic rings. The zero-order valence-electron chi connectivity index (χ0n) is 11.7. The van der Waals surface area contributed by atoms with E-state index in [4.69, 9.17) is 17.3 Å². The smallest absolute Gasteiger partial charge is 0.130 e. The van der Waals surface area contributed by atoms with E-state index in [1.54, 1.807) is 4.68 Å². The van der Waals surface area contributed by atoms with Crippen molar-refractivity contribution in [1.29, 1.82) is 0 Å². The topological polar surface area (TPSA) is 43.8 Å². The van der Waals surface area contributed by atoms with Gasteiger partial charge in [-0.3, -0.25) is 4.68 Å². The molecule has 0 amide bonds. The van der Waals surface area contributed by atoms with Crippen LogP contribution < -0.4 is 5.73 Å². The fraction of sp³-hybridized carbons (Fsp3) is 0.769. The minimum absolute atomic E-state index is 0.156. The Morgan fingerprint density at radius 1 is 1.47 bits per heavy atom. The number of thioether (sulfide) groups is 2. The van der Waals surface area contributed by atoms with Gasteiger partial charge < -0.3 is 5.73 Å². The minimum Gasteiger partial charge on any atom is -0.326 e. The maximum atomic E-state index is 6.46. The van der Waals surface area contributed by atoms with Gasteiger partial charge in [0.05, 0.1) is 5.69 Å². The lowest BCUT2D eigenvalue weighted by atomic mass is 10.0. The van der Waals surface area contributed by atoms with Crippen LogP contribution >= 0.6 is 35.1 Å². The van der Waals surface area contributed by atoms with Gasteiger partial charge in [-0.1, -0.05) is 18.5 Å². The Hall–Kier alpha value is 0.160. The first-order valence-corrected chi connectivity index (χ1v) is 9.18. The third kappa shape index (κ3) is 3.43. The molecule has 0 aliphatic carbocycles. The summed E-state index contributed by atoms with van der Waals surface area (Å²) in [6, 6.07) is 0.156. The second kappa shape index (κ2) is 6.74. The summed E-state index contributed by atoms with van der Waals surface area (Å²) in [4.78, 5) is 0. The van der Waals surface area contributed by atoms with Gasteiger partial charge in [-0.25, -0.2) is 0 Å². The Balaban J connectivity index is 2.09. The van der Waals surface area contributed by atoms with E-state index in [1.807, 2.05) is 25.7 Å². The number of hydrogen-bond acceptors (Lipinski definition) is 4. The van der Waals surface area contributed by atoms with Crippen LogP contribution in [0.4, 0.5) is 0 Å². The number of aryl methyl sites for hydroxylation is 2. The maximum absolute atomic E-state index is 6.46. The molecule has 0 bridgehead atoms. The van der Waals surface area contributed by atoms with Gasteiger partial charge in [0.25, 0.3) is 0 Å². The molecule has 2 N–H and O–H groups in total. The molecule has 1 fully saturated rings. The van der Waals surface area contributed by atoms with Crippen LogP contribution in [0.25, 0.3) is 0 Å². The summed E-state index contributed by atoms with van der Waals surface area (Å²) >= 11 is 10.4. The monoisotopic (exact) mass is 319 g/mol. The minimum atomic E-state index is 0.156. The van der Waals surface area contributed by atoms with Crippen molar-refractivity contribution in [3.8, 4) is 0 Å². The van der Waals surface area contributed by atoms with Crippen molar-refractivity contribution < 1.29 is 0 Å². The molecule has 2 heterocycles. The molecule has 0 spiro atoms. The Labute approximate surface area is 129 Å². The fourth-order valence-corrected chi connectivity index (χ4v) is 6.04. The molecule has 1 saturated heterocycles. The summed E-state index contributed by atoms with van der Waals surface area (Å²) in [7, 11) is 1.88. The molecule has 1 aromatic rings. The van der Waals surface area contributed by atoms with Crippen molar-refractivity contribution in [2.24, 2.45) is 12.8 Å². The summed E-state index contributed by atoms with van der Waals surface area (Å²) in [6.45, 7) is 4.26. The maximum Gasteiger partial charge on any atom is 0.130 e. The predicted molar refractivity (Wildman–Crippen MR) is 87.4 cm³/mol. The first-order valence-electron chi connectivity index (χ1n) is 6.71. The molecule has 1 aromatic heterocycles. The van der Waals surface area contributed by atoms with E-state index in [0.29, 0.717) is 10.5 Å². The number of aromatic nitrogens is 2. The lowest BCUT2D eigenvalue weighted by Gasteiger charge is -2.34. The van der Waals surface area contributed by atoms with Crippen molar-refractivity contribution in [2.45, 2.75) is 43.2 Å². The second-order valence-electron chi connectivity index (χ2n) is 5.00. The molecule has 3 unspecified atom stereocenters. The summed E-state index contributed by atoms with van der Waals surface area (Å²) in [5.41, 5.74) is 8.58. The van der Waals surface area contributed by atoms with E-state index in [9.17, 15) is 0 Å². The van der Waals surface area contributed by atoms with Gasteiger partial charge in [0, 0.05) is 40.7 Å². The van der Waals surface area contributed by atoms with Crippen LogP contribution in [0.5, 0.6) is 0 Å². The summed E-state index contributed by atoms with van der Waals surface area (Å²) in [5.74, 6) is 2.46. The van der Waals surface area contributed by atoms with Gasteiger partial charge in [-0.15, -0.1) is 0 Å². The highest BCUT2D eigenvalue weighted by Crippen LogP contribution is 2.36. The van der Waals surface area contributed by atoms with Crippen LogP contribution in [0.1, 0.15) is 24.6 Å². The van der Waals surface area contributed by atoms with Crippen molar-refractivity contribution in [2.75, 3.05) is 11.5 Å². The van der Waals surface area contributed by atoms with Crippen molar-refractivity contribution >= 4 is 35.1 Å². The lowest BCUT2D eigenvalue weighted by Crippen LogP contribution is -2.43. The third-order valence-corrected chi connectivity index (χ3v) is 7.53. The van der Waals surface area contributed by atoms with Crippen LogP contribution in [-0.4, -0.2) is 37.8 Å². The molecular formula is C13H22ClN3S2. The predicted octanol–water partition coefficient (Wildman–Crippen LogP) is 2.88. The molecule has 6 heteroatoms. The van der Waals surface area contributed by atoms with E-state index in [2.05, 4.69) is 23.8 Å². The number of nitrogens with zero attached hydrogens (tertiary/aromatic N) is 2. The van der Waals surface area contributed by atoms with Gasteiger partial charge >= 0.3 is 0 Å². The van der Waals surface area contributed by atoms with Gasteiger partial charge in [-0.05, 0) is 19.8 Å². The molecule has 19 heavy (non-hydrogen) atoms. The van der Waals surface area contributed by atoms with Gasteiger partial charge in [0.15, 0.2) is 0 Å². The Morgan fingerprint density at radius 2 is 2.16 bits per heavy atom. The van der Waals surface area contributed by atoms with Crippen LogP contribution in [0, 0.1) is 6.92 Å². The Morgan fingerprint density at radius 3 is 2.74 bits per heavy atom. The number of hydrogen-bond donors (Lipinski definition) is 1. The number of rotatable bonds is 4. The Kier molecular flexibility index (Phi) is 5.52. The SMILES string of the molecule is CCC1SCCSC1C(N)Cc1c(C)nn(C)c1Cl. The highest BCUT2D eigenvalue weighted by atomic mass is 35.5. The van der Waals surface area contributed by atoms with E-state index < -0.39 is 0 Å². The molecule has 0 radical (unpaired) electrons. The van der Waals surface area contributed by atoms with Crippen LogP contribution in [0.2, 0.25) is 5.15 Å². The van der Waals surface area contributed by atoms with Crippen LogP contribution in [0.3, 0.4) is 0 Å². The van der Waals surface area contributed by atoms with Crippen molar-refractivity contribution in [3.63, 3.8) is 0 Å². The average Bonchev–Trinajstić information content (AvgIpc) is 2.65. The normalized spacial score (nSPS) is 25.5. The first-order chi connectivity index (χ1) is 9.04. The summed E-state index contributed by atoms with van der Waals surface area (Å²) in [6.07, 6.45) is 2.02. The van der Waals surface area contributed by atoms with Crippen molar-refractivity contribution in [1.82, 2.24) is 9.78 Å². The molecule has 3 nitrogen and oxygen atoms in total. The number of nitrogens with two attached hydrogens (primary N) is 1. The average molecular weight is 320 g/mol. The van der Waals surface area contributed by atoms with Crippen LogP contribution in [0.15, 0.2) is 0 Å². The first kappa shape index (κ1) is 15.5. The molecule has 3 atom stereocenters. The van der Waals surface area contributed by atoms with Gasteiger partial charge in [0.2, 0.25) is 0 Å². The molecule has 0 saturated carbocycles. The fourth-order valence-electron chi connectivity index (χ4n) is 2.59. The van der Waals surface area contributed by atoms with E-state index >= 15 is 0 Å². The van der Waals surface area contributed by atoms with Gasteiger partial charge in [0.1, 0.15) is 5.15 Å². The largest absolute Gasteiger partial charge is 0.326 e. The zero-order valence-corrected chi connectivity index (χ0v) is 14.1. The van der Waals surface area contributed by atoms with Gasteiger partial charge in [-0.2, -0.15) is 28.6 Å². The summed E-state index contributed by atoms with van der Waals surface area (Å²) in [5, 5.41) is 6.29. The lowest BCUT2D eigenvalue weighted by molar-refractivity contribution is 0.596. The molecular weight excluding hydrogens is 298 g/mol. The second-order valence-corrected chi connectivity index (χ2v) is 7.99.